The van der Waals surface area contributed by atoms with Crippen LogP contribution in [0.25, 0.3) is 11.0 Å². The predicted octanol–water partition coefficient (Wildman–Crippen LogP) is 4.82. The maximum Gasteiger partial charge on any atom is 0.133 e. The lowest BCUT2D eigenvalue weighted by atomic mass is 10.0. The second-order valence-corrected chi connectivity index (χ2v) is 4.68. The summed E-state index contributed by atoms with van der Waals surface area (Å²) in [6, 6.07) is 9.90. The Bertz CT molecular complexity index is 589. The van der Waals surface area contributed by atoms with E-state index in [0.717, 1.165) is 29.6 Å². The second kappa shape index (κ2) is 7.39. The van der Waals surface area contributed by atoms with Gasteiger partial charge in [-0.25, -0.2) is 0 Å². The van der Waals surface area contributed by atoms with Crippen LogP contribution in [0.3, 0.4) is 0 Å². The van der Waals surface area contributed by atoms with Crippen LogP contribution in [0.15, 0.2) is 77.1 Å². The smallest absolute Gasteiger partial charge is 0.133 e. The van der Waals surface area contributed by atoms with Crippen LogP contribution >= 0.6 is 0 Å². The van der Waals surface area contributed by atoms with Crippen molar-refractivity contribution in [2.24, 2.45) is 0 Å². The molecule has 0 aliphatic carbocycles. The van der Waals surface area contributed by atoms with Crippen LogP contribution in [0.2, 0.25) is 0 Å². The summed E-state index contributed by atoms with van der Waals surface area (Å²) in [6.07, 6.45) is 10.3. The fourth-order valence-electron chi connectivity index (χ4n) is 2.09. The lowest BCUT2D eigenvalue weighted by Crippen LogP contribution is -2.20. The van der Waals surface area contributed by atoms with Crippen molar-refractivity contribution in [3.63, 3.8) is 0 Å². The molecular formula is C18H21NO. The van der Waals surface area contributed by atoms with E-state index in [0.29, 0.717) is 0 Å². The van der Waals surface area contributed by atoms with E-state index >= 15 is 0 Å². The van der Waals surface area contributed by atoms with Crippen molar-refractivity contribution < 1.29 is 4.42 Å². The van der Waals surface area contributed by atoms with Gasteiger partial charge in [-0.05, 0) is 37.5 Å². The molecule has 20 heavy (non-hydrogen) atoms. The summed E-state index contributed by atoms with van der Waals surface area (Å²) in [5.74, 6) is 0. The maximum absolute atomic E-state index is 5.12. The number of fused-ring (bicyclic) bond motifs is 1. The molecule has 1 aliphatic heterocycles. The van der Waals surface area contributed by atoms with Gasteiger partial charge in [0.1, 0.15) is 5.58 Å². The van der Waals surface area contributed by atoms with Gasteiger partial charge < -0.3 is 9.73 Å². The van der Waals surface area contributed by atoms with E-state index in [9.17, 15) is 0 Å². The molecule has 1 N–H and O–H groups in total. The zero-order valence-electron chi connectivity index (χ0n) is 11.9. The van der Waals surface area contributed by atoms with Gasteiger partial charge in [0.2, 0.25) is 0 Å². The maximum atomic E-state index is 5.12. The summed E-state index contributed by atoms with van der Waals surface area (Å²) in [5, 5.41) is 4.41. The van der Waals surface area contributed by atoms with E-state index in [1.807, 2.05) is 43.3 Å². The molecule has 1 aliphatic rings. The van der Waals surface area contributed by atoms with Gasteiger partial charge in [0.15, 0.2) is 0 Å². The van der Waals surface area contributed by atoms with Crippen LogP contribution < -0.4 is 5.32 Å². The highest BCUT2D eigenvalue weighted by atomic mass is 16.3. The number of hydrogen-bond acceptors (Lipinski definition) is 2. The van der Waals surface area contributed by atoms with Crippen LogP contribution in [0.1, 0.15) is 19.8 Å². The Morgan fingerprint density at radius 2 is 2.10 bits per heavy atom. The normalized spacial score (nSPS) is 17.1. The topological polar surface area (TPSA) is 25.2 Å². The molecule has 0 amide bonds. The Morgan fingerprint density at radius 1 is 1.25 bits per heavy atom. The lowest BCUT2D eigenvalue weighted by molar-refractivity contribution is 0.616. The van der Waals surface area contributed by atoms with Gasteiger partial charge in [0.05, 0.1) is 6.26 Å². The zero-order valence-corrected chi connectivity index (χ0v) is 11.9. The zero-order chi connectivity index (χ0) is 14.2. The van der Waals surface area contributed by atoms with Gasteiger partial charge in [-0.15, -0.1) is 0 Å². The van der Waals surface area contributed by atoms with E-state index in [1.54, 1.807) is 6.26 Å². The largest absolute Gasteiger partial charge is 0.464 e. The predicted molar refractivity (Wildman–Crippen MR) is 85.5 cm³/mol. The lowest BCUT2D eigenvalue weighted by Gasteiger charge is -2.18. The Labute approximate surface area is 120 Å². The average Bonchev–Trinajstić information content (AvgIpc) is 2.96. The Balaban J connectivity index is 0.000000149. The molecule has 0 radical (unpaired) electrons. The van der Waals surface area contributed by atoms with Gasteiger partial charge >= 0.3 is 0 Å². The minimum Gasteiger partial charge on any atom is -0.464 e. The van der Waals surface area contributed by atoms with Crippen molar-refractivity contribution in [2.45, 2.75) is 19.8 Å². The highest BCUT2D eigenvalue weighted by Gasteiger charge is 2.06. The minimum absolute atomic E-state index is 0.956. The van der Waals surface area contributed by atoms with Gasteiger partial charge in [0.25, 0.3) is 0 Å². The Kier molecular flexibility index (Phi) is 5.24. The van der Waals surface area contributed by atoms with E-state index in [2.05, 4.69) is 24.0 Å². The number of benzene rings is 1. The van der Waals surface area contributed by atoms with Crippen LogP contribution in [-0.2, 0) is 0 Å². The van der Waals surface area contributed by atoms with Crippen molar-refractivity contribution in [3.8, 4) is 0 Å². The number of nitrogens with one attached hydrogen (secondary N) is 1. The number of allylic oxidation sites excluding steroid dienone is 4. The molecule has 1 saturated heterocycles. The molecule has 0 unspecified atom stereocenters. The molecule has 2 heterocycles. The molecule has 0 spiro atoms. The first-order valence-electron chi connectivity index (χ1n) is 6.98. The first kappa shape index (κ1) is 14.2. The number of furan rings is 1. The molecular weight excluding hydrogens is 246 g/mol. The molecule has 2 heteroatoms. The van der Waals surface area contributed by atoms with Gasteiger partial charge in [-0.3, -0.25) is 0 Å². The second-order valence-electron chi connectivity index (χ2n) is 4.68. The molecule has 1 aromatic carbocycles. The van der Waals surface area contributed by atoms with Crippen molar-refractivity contribution >= 4 is 11.0 Å². The molecule has 1 aromatic heterocycles. The van der Waals surface area contributed by atoms with Crippen LogP contribution in [0, 0.1) is 0 Å². The van der Waals surface area contributed by atoms with Crippen LogP contribution in [0.5, 0.6) is 0 Å². The number of piperidine rings is 1. The first-order chi connectivity index (χ1) is 9.81. The van der Waals surface area contributed by atoms with Crippen molar-refractivity contribution in [2.75, 3.05) is 6.54 Å². The number of rotatable bonds is 1. The number of para-hydroxylation sites is 1. The first-order valence-corrected chi connectivity index (χ1v) is 6.98. The van der Waals surface area contributed by atoms with Crippen molar-refractivity contribution in [1.82, 2.24) is 5.32 Å². The molecule has 1 fully saturated rings. The van der Waals surface area contributed by atoms with E-state index < -0.39 is 0 Å². The standard InChI is InChI=1S/C10H15N.C8H6O/c1-3-4-6-10-7-5-8-11-9(10)2;1-2-4-8-7(3-1)5-6-9-8/h3-4,6,11H,2,5,7-8H2,1H3;1-6H/b4-3-,10-6-;. The third-order valence-corrected chi connectivity index (χ3v) is 3.20. The van der Waals surface area contributed by atoms with Gasteiger partial charge in [0, 0.05) is 17.6 Å². The fourth-order valence-corrected chi connectivity index (χ4v) is 2.09. The SMILES string of the molecule is C=C1NCCC/C1=C/C=C\C.c1ccc2occc2c1. The monoisotopic (exact) mass is 267 g/mol. The summed E-state index contributed by atoms with van der Waals surface area (Å²) < 4.78 is 5.12. The summed E-state index contributed by atoms with van der Waals surface area (Å²) in [6.45, 7) is 7.03. The third-order valence-electron chi connectivity index (χ3n) is 3.20. The fraction of sp³-hybridized carbons (Fsp3) is 0.222. The Hall–Kier alpha value is -2.22. The molecule has 104 valence electrons. The third kappa shape index (κ3) is 3.89. The summed E-state index contributed by atoms with van der Waals surface area (Å²) >= 11 is 0. The summed E-state index contributed by atoms with van der Waals surface area (Å²) in [7, 11) is 0. The van der Waals surface area contributed by atoms with Crippen molar-refractivity contribution in [1.29, 1.82) is 0 Å². The van der Waals surface area contributed by atoms with Crippen LogP contribution in [0.4, 0.5) is 0 Å². The summed E-state index contributed by atoms with van der Waals surface area (Å²) in [5.41, 5.74) is 3.39. The van der Waals surface area contributed by atoms with Gasteiger partial charge in [-0.2, -0.15) is 0 Å². The average molecular weight is 267 g/mol. The highest BCUT2D eigenvalue weighted by molar-refractivity contribution is 5.76. The molecule has 0 atom stereocenters. The Morgan fingerprint density at radius 3 is 2.85 bits per heavy atom. The van der Waals surface area contributed by atoms with E-state index in [1.165, 1.54) is 12.0 Å². The molecule has 3 rings (SSSR count). The van der Waals surface area contributed by atoms with E-state index in [-0.39, 0.29) is 0 Å². The van der Waals surface area contributed by atoms with Gasteiger partial charge in [-0.1, -0.05) is 43.0 Å². The number of hydrogen-bond donors (Lipinski definition) is 1. The highest BCUT2D eigenvalue weighted by Crippen LogP contribution is 2.16. The minimum atomic E-state index is 0.956. The van der Waals surface area contributed by atoms with Crippen molar-refractivity contribution in [3.05, 3.63) is 72.7 Å². The quantitative estimate of drug-likeness (QED) is 0.801. The molecule has 2 aromatic rings. The van der Waals surface area contributed by atoms with Crippen LogP contribution in [-0.4, -0.2) is 6.54 Å². The summed E-state index contributed by atoms with van der Waals surface area (Å²) in [4.78, 5) is 0. The molecule has 0 saturated carbocycles. The molecule has 2 nitrogen and oxygen atoms in total. The molecule has 0 bridgehead atoms. The van der Waals surface area contributed by atoms with E-state index in [4.69, 9.17) is 4.42 Å².